The third-order valence-electron chi connectivity index (χ3n) is 4.48. The summed E-state index contributed by atoms with van der Waals surface area (Å²) in [6.45, 7) is 0. The van der Waals surface area contributed by atoms with E-state index in [4.69, 9.17) is 11.6 Å². The molecule has 0 aliphatic carbocycles. The molecule has 33 heavy (non-hydrogen) atoms. The number of hydrogen-bond acceptors (Lipinski definition) is 7. The van der Waals surface area contributed by atoms with Crippen LogP contribution in [0.25, 0.3) is 17.1 Å². The van der Waals surface area contributed by atoms with Gasteiger partial charge in [-0.05, 0) is 60.2 Å². The van der Waals surface area contributed by atoms with Gasteiger partial charge in [0.05, 0.1) is 12.0 Å². The van der Waals surface area contributed by atoms with Crippen molar-refractivity contribution in [2.45, 2.75) is 5.16 Å². The highest BCUT2D eigenvalue weighted by molar-refractivity contribution is 7.99. The zero-order chi connectivity index (χ0) is 23.2. The molecule has 1 aromatic heterocycles. The molecule has 0 unspecified atom stereocenters. The first-order valence-electron chi connectivity index (χ1n) is 9.75. The molecule has 0 saturated carbocycles. The Kier molecular flexibility index (Phi) is 6.92. The molecule has 3 aromatic carbocycles. The monoisotopic (exact) mass is 479 g/mol. The smallest absolute Gasteiger partial charge is 0.250 e. The summed E-state index contributed by atoms with van der Waals surface area (Å²) >= 11 is 7.24. The molecule has 3 N–H and O–H groups in total. The van der Waals surface area contributed by atoms with Crippen molar-refractivity contribution in [2.24, 2.45) is 5.10 Å². The minimum absolute atomic E-state index is 0.0593. The van der Waals surface area contributed by atoms with Crippen LogP contribution in [-0.2, 0) is 4.79 Å². The van der Waals surface area contributed by atoms with Crippen LogP contribution < -0.4 is 5.43 Å². The number of aromatic hydroxyl groups is 2. The van der Waals surface area contributed by atoms with Crippen molar-refractivity contribution < 1.29 is 15.0 Å². The van der Waals surface area contributed by atoms with Crippen LogP contribution in [-0.4, -0.2) is 42.9 Å². The molecule has 0 bridgehead atoms. The molecule has 1 heterocycles. The van der Waals surface area contributed by atoms with Gasteiger partial charge in [-0.25, -0.2) is 5.43 Å². The molecular formula is C23H18ClN5O3S. The first kappa shape index (κ1) is 22.4. The number of carbonyl (C=O) groups excluding carboxylic acids is 1. The number of thioether (sulfide) groups is 1. The van der Waals surface area contributed by atoms with E-state index in [0.29, 0.717) is 21.6 Å². The van der Waals surface area contributed by atoms with E-state index in [1.807, 2.05) is 47.0 Å². The number of rotatable bonds is 7. The number of carbonyl (C=O) groups is 1. The van der Waals surface area contributed by atoms with Crippen LogP contribution in [0, 0.1) is 0 Å². The maximum atomic E-state index is 12.3. The Bertz CT molecular complexity index is 1290. The quantitative estimate of drug-likeness (QED) is 0.158. The van der Waals surface area contributed by atoms with Gasteiger partial charge in [0.2, 0.25) is 0 Å². The molecule has 0 fully saturated rings. The number of phenols is 2. The number of hydrogen-bond donors (Lipinski definition) is 3. The predicted octanol–water partition coefficient (Wildman–Crippen LogP) is 4.24. The molecular weight excluding hydrogens is 462 g/mol. The maximum Gasteiger partial charge on any atom is 0.250 e. The van der Waals surface area contributed by atoms with E-state index >= 15 is 0 Å². The summed E-state index contributed by atoms with van der Waals surface area (Å²) in [5, 5.41) is 32.5. The summed E-state index contributed by atoms with van der Waals surface area (Å²) < 4.78 is 1.88. The van der Waals surface area contributed by atoms with Crippen molar-refractivity contribution in [3.05, 3.63) is 83.4 Å². The van der Waals surface area contributed by atoms with E-state index in [0.717, 1.165) is 11.3 Å². The van der Waals surface area contributed by atoms with Gasteiger partial charge < -0.3 is 10.2 Å². The van der Waals surface area contributed by atoms with Crippen molar-refractivity contribution in [1.29, 1.82) is 0 Å². The summed E-state index contributed by atoms with van der Waals surface area (Å²) in [7, 11) is 0. The van der Waals surface area contributed by atoms with Crippen LogP contribution in [0.1, 0.15) is 5.56 Å². The van der Waals surface area contributed by atoms with E-state index in [9.17, 15) is 15.0 Å². The average Bonchev–Trinajstić information content (AvgIpc) is 3.25. The molecule has 4 aromatic rings. The van der Waals surface area contributed by atoms with Crippen molar-refractivity contribution in [3.8, 4) is 28.6 Å². The fourth-order valence-electron chi connectivity index (χ4n) is 2.92. The Labute approximate surface area is 198 Å². The van der Waals surface area contributed by atoms with Gasteiger partial charge in [0, 0.05) is 16.3 Å². The van der Waals surface area contributed by atoms with Crippen molar-refractivity contribution in [3.63, 3.8) is 0 Å². The minimum atomic E-state index is -0.338. The first-order chi connectivity index (χ1) is 16.0. The number of phenolic OH excluding ortho intramolecular Hbond substituents is 2. The van der Waals surface area contributed by atoms with E-state index < -0.39 is 0 Å². The summed E-state index contributed by atoms with van der Waals surface area (Å²) in [5.41, 5.74) is 4.66. The maximum absolute atomic E-state index is 12.3. The largest absolute Gasteiger partial charge is 0.504 e. The molecule has 0 aliphatic rings. The topological polar surface area (TPSA) is 113 Å². The number of benzene rings is 3. The zero-order valence-corrected chi connectivity index (χ0v) is 18.7. The normalized spacial score (nSPS) is 11.1. The fraction of sp³-hybridized carbons (Fsp3) is 0.0435. The van der Waals surface area contributed by atoms with Gasteiger partial charge in [-0.1, -0.05) is 41.6 Å². The summed E-state index contributed by atoms with van der Waals surface area (Å²) in [6.07, 6.45) is 1.37. The van der Waals surface area contributed by atoms with Crippen LogP contribution >= 0.6 is 23.4 Å². The van der Waals surface area contributed by atoms with Gasteiger partial charge in [-0.15, -0.1) is 10.2 Å². The third-order valence-corrected chi connectivity index (χ3v) is 5.67. The lowest BCUT2D eigenvalue weighted by Gasteiger charge is -2.10. The number of halogens is 1. The SMILES string of the molecule is O=C(CSc1nnc(-c2ccc(Cl)cc2)n1-c1ccccc1)N/N=C\c1ccc(O)c(O)c1. The van der Waals surface area contributed by atoms with Gasteiger partial charge in [0.1, 0.15) is 0 Å². The lowest BCUT2D eigenvalue weighted by molar-refractivity contribution is -0.118. The van der Waals surface area contributed by atoms with Crippen molar-refractivity contribution in [2.75, 3.05) is 5.75 Å². The summed E-state index contributed by atoms with van der Waals surface area (Å²) in [4.78, 5) is 12.3. The van der Waals surface area contributed by atoms with Gasteiger partial charge >= 0.3 is 0 Å². The van der Waals surface area contributed by atoms with Crippen LogP contribution in [0.2, 0.25) is 5.02 Å². The molecule has 0 saturated heterocycles. The van der Waals surface area contributed by atoms with Gasteiger partial charge in [-0.2, -0.15) is 5.10 Å². The van der Waals surface area contributed by atoms with Crippen LogP contribution in [0.4, 0.5) is 0 Å². The molecule has 1 amide bonds. The highest BCUT2D eigenvalue weighted by atomic mass is 35.5. The third kappa shape index (κ3) is 5.51. The number of hydrazone groups is 1. The van der Waals surface area contributed by atoms with Gasteiger partial charge in [-0.3, -0.25) is 9.36 Å². The standard InChI is InChI=1S/C23H18ClN5O3S/c24-17-9-7-16(8-10-17)22-27-28-23(29(22)18-4-2-1-3-5-18)33-14-21(32)26-25-13-15-6-11-19(30)20(31)12-15/h1-13,30-31H,14H2,(H,26,32)/b25-13-. The highest BCUT2D eigenvalue weighted by Gasteiger charge is 2.17. The number of para-hydroxylation sites is 1. The molecule has 0 spiro atoms. The fourth-order valence-corrected chi connectivity index (χ4v) is 3.79. The Balaban J connectivity index is 1.48. The Hall–Kier alpha value is -3.82. The molecule has 8 nitrogen and oxygen atoms in total. The first-order valence-corrected chi connectivity index (χ1v) is 11.1. The molecule has 0 radical (unpaired) electrons. The van der Waals surface area contributed by atoms with Crippen LogP contribution in [0.3, 0.4) is 0 Å². The number of nitrogens with zero attached hydrogens (tertiary/aromatic N) is 4. The highest BCUT2D eigenvalue weighted by Crippen LogP contribution is 2.28. The number of nitrogens with one attached hydrogen (secondary N) is 1. The summed E-state index contributed by atoms with van der Waals surface area (Å²) in [6, 6.07) is 21.1. The molecule has 0 aliphatic heterocycles. The van der Waals surface area contributed by atoms with E-state index in [1.54, 1.807) is 18.2 Å². The number of amides is 1. The van der Waals surface area contributed by atoms with E-state index in [2.05, 4.69) is 20.7 Å². The second-order valence-electron chi connectivity index (χ2n) is 6.81. The van der Waals surface area contributed by atoms with E-state index in [-0.39, 0.29) is 23.2 Å². The average molecular weight is 480 g/mol. The van der Waals surface area contributed by atoms with Gasteiger partial charge in [0.15, 0.2) is 22.5 Å². The Morgan fingerprint density at radius 3 is 2.52 bits per heavy atom. The van der Waals surface area contributed by atoms with Crippen LogP contribution in [0.15, 0.2) is 83.1 Å². The second-order valence-corrected chi connectivity index (χ2v) is 8.19. The molecule has 0 atom stereocenters. The zero-order valence-electron chi connectivity index (χ0n) is 17.1. The Morgan fingerprint density at radius 2 is 1.79 bits per heavy atom. The lowest BCUT2D eigenvalue weighted by Crippen LogP contribution is -2.20. The predicted molar refractivity (Wildman–Crippen MR) is 128 cm³/mol. The molecule has 166 valence electrons. The van der Waals surface area contributed by atoms with E-state index in [1.165, 1.54) is 30.1 Å². The minimum Gasteiger partial charge on any atom is -0.504 e. The lowest BCUT2D eigenvalue weighted by atomic mass is 10.2. The van der Waals surface area contributed by atoms with Crippen molar-refractivity contribution in [1.82, 2.24) is 20.2 Å². The molecule has 10 heteroatoms. The van der Waals surface area contributed by atoms with Crippen LogP contribution in [0.5, 0.6) is 11.5 Å². The van der Waals surface area contributed by atoms with Gasteiger partial charge in [0.25, 0.3) is 5.91 Å². The molecule has 4 rings (SSSR count). The Morgan fingerprint density at radius 1 is 1.03 bits per heavy atom. The van der Waals surface area contributed by atoms with Crippen molar-refractivity contribution >= 4 is 35.5 Å². The number of aromatic nitrogens is 3. The second kappa shape index (κ2) is 10.2. The summed E-state index contributed by atoms with van der Waals surface area (Å²) in [5.74, 6) is -0.143.